The molecule has 1 saturated heterocycles. The largest absolute Gasteiger partial charge is 0.397 e. The van der Waals surface area contributed by atoms with E-state index in [1.807, 2.05) is 12.1 Å². The summed E-state index contributed by atoms with van der Waals surface area (Å²) < 4.78 is 7.71. The minimum Gasteiger partial charge on any atom is -0.397 e. The van der Waals surface area contributed by atoms with E-state index in [9.17, 15) is 0 Å². The number of para-hydroxylation sites is 1. The number of nitrogen functional groups attached to an aromatic ring is 1. The molecule has 16 heavy (non-hydrogen) atoms. The van der Waals surface area contributed by atoms with Crippen LogP contribution in [0, 0.1) is 0 Å². The van der Waals surface area contributed by atoms with Gasteiger partial charge in [-0.2, -0.15) is 0 Å². The quantitative estimate of drug-likeness (QED) is 0.744. The van der Waals surface area contributed by atoms with Gasteiger partial charge in [-0.1, -0.05) is 12.1 Å². The van der Waals surface area contributed by atoms with Crippen LogP contribution in [0.25, 0.3) is 10.9 Å². The number of hydrogen-bond donors (Lipinski definition) is 1. The highest BCUT2D eigenvalue weighted by Crippen LogP contribution is 2.29. The van der Waals surface area contributed by atoms with E-state index in [1.54, 1.807) is 0 Å². The molecule has 0 radical (unpaired) electrons. The highest BCUT2D eigenvalue weighted by molar-refractivity contribution is 5.90. The summed E-state index contributed by atoms with van der Waals surface area (Å²) in [5.74, 6) is 0. The molecule has 0 bridgehead atoms. The number of aromatic nitrogens is 1. The fourth-order valence-corrected chi connectivity index (χ4v) is 2.52. The third-order valence-electron chi connectivity index (χ3n) is 3.36. The minimum atomic E-state index is 0.538. The van der Waals surface area contributed by atoms with Gasteiger partial charge in [-0.05, 0) is 25.0 Å². The fraction of sp³-hybridized carbons (Fsp3) is 0.385. The maximum Gasteiger partial charge on any atom is 0.0716 e. The van der Waals surface area contributed by atoms with Gasteiger partial charge in [0.15, 0.2) is 0 Å². The second-order valence-electron chi connectivity index (χ2n) is 4.35. The van der Waals surface area contributed by atoms with Gasteiger partial charge in [0.25, 0.3) is 0 Å². The predicted octanol–water partition coefficient (Wildman–Crippen LogP) is 2.58. The van der Waals surface area contributed by atoms with Crippen LogP contribution in [0.3, 0.4) is 0 Å². The zero-order valence-corrected chi connectivity index (χ0v) is 9.23. The Kier molecular flexibility index (Phi) is 2.33. The number of nitrogens with zero attached hydrogens (tertiary/aromatic N) is 1. The maximum absolute atomic E-state index is 6.06. The average Bonchev–Trinajstić information content (AvgIpc) is 2.75. The van der Waals surface area contributed by atoms with Gasteiger partial charge in [-0.25, -0.2) is 0 Å². The topological polar surface area (TPSA) is 40.2 Å². The van der Waals surface area contributed by atoms with Crippen molar-refractivity contribution in [2.75, 3.05) is 18.9 Å². The van der Waals surface area contributed by atoms with Crippen LogP contribution in [0.2, 0.25) is 0 Å². The van der Waals surface area contributed by atoms with Crippen molar-refractivity contribution in [3.05, 3.63) is 30.5 Å². The highest BCUT2D eigenvalue weighted by atomic mass is 16.5. The van der Waals surface area contributed by atoms with Gasteiger partial charge >= 0.3 is 0 Å². The predicted molar refractivity (Wildman–Crippen MR) is 65.4 cm³/mol. The first-order valence-electron chi connectivity index (χ1n) is 5.79. The van der Waals surface area contributed by atoms with E-state index in [-0.39, 0.29) is 0 Å². The van der Waals surface area contributed by atoms with Crippen LogP contribution in [0.4, 0.5) is 5.69 Å². The van der Waals surface area contributed by atoms with Gasteiger partial charge in [0.2, 0.25) is 0 Å². The van der Waals surface area contributed by atoms with Crippen molar-refractivity contribution in [1.82, 2.24) is 4.57 Å². The summed E-state index contributed by atoms with van der Waals surface area (Å²) in [6.07, 6.45) is 4.31. The molecule has 0 spiro atoms. The number of nitrogens with two attached hydrogens (primary N) is 1. The summed E-state index contributed by atoms with van der Waals surface area (Å²) in [4.78, 5) is 0. The third kappa shape index (κ3) is 1.48. The second kappa shape index (κ2) is 3.83. The Morgan fingerprint density at radius 1 is 1.19 bits per heavy atom. The molecular weight excluding hydrogens is 200 g/mol. The number of hydrogen-bond acceptors (Lipinski definition) is 2. The van der Waals surface area contributed by atoms with E-state index in [1.165, 1.54) is 10.9 Å². The van der Waals surface area contributed by atoms with E-state index in [0.717, 1.165) is 31.7 Å². The number of anilines is 1. The molecular formula is C13H16N2O. The molecule has 0 aliphatic carbocycles. The Labute approximate surface area is 94.8 Å². The summed E-state index contributed by atoms with van der Waals surface area (Å²) in [7, 11) is 0. The molecule has 1 fully saturated rings. The van der Waals surface area contributed by atoms with Gasteiger partial charge in [-0.15, -0.1) is 0 Å². The van der Waals surface area contributed by atoms with E-state index >= 15 is 0 Å². The van der Waals surface area contributed by atoms with E-state index in [0.29, 0.717) is 6.04 Å². The minimum absolute atomic E-state index is 0.538. The standard InChI is InChI=1S/C13H16N2O/c14-12-3-1-2-10-4-7-15(13(10)12)11-5-8-16-9-6-11/h1-4,7,11H,5-6,8-9,14H2. The fourth-order valence-electron chi connectivity index (χ4n) is 2.52. The van der Waals surface area contributed by atoms with E-state index in [4.69, 9.17) is 10.5 Å². The molecule has 2 heterocycles. The van der Waals surface area contributed by atoms with Gasteiger partial charge in [0.1, 0.15) is 0 Å². The maximum atomic E-state index is 6.06. The third-order valence-corrected chi connectivity index (χ3v) is 3.36. The Morgan fingerprint density at radius 2 is 2.00 bits per heavy atom. The van der Waals surface area contributed by atoms with Crippen molar-refractivity contribution >= 4 is 16.6 Å². The molecule has 3 nitrogen and oxygen atoms in total. The molecule has 2 aromatic rings. The Bertz CT molecular complexity index is 498. The van der Waals surface area contributed by atoms with Crippen molar-refractivity contribution in [2.24, 2.45) is 0 Å². The van der Waals surface area contributed by atoms with Crippen LogP contribution in [0.5, 0.6) is 0 Å². The van der Waals surface area contributed by atoms with Gasteiger partial charge in [0, 0.05) is 30.8 Å². The van der Waals surface area contributed by atoms with Crippen LogP contribution in [0.15, 0.2) is 30.5 Å². The van der Waals surface area contributed by atoms with E-state index < -0.39 is 0 Å². The average molecular weight is 216 g/mol. The zero-order chi connectivity index (χ0) is 11.0. The van der Waals surface area contributed by atoms with Gasteiger partial charge in [-0.3, -0.25) is 0 Å². The normalized spacial score (nSPS) is 18.0. The SMILES string of the molecule is Nc1cccc2ccn(C3CCOCC3)c12. The van der Waals surface area contributed by atoms with Gasteiger partial charge < -0.3 is 15.0 Å². The number of benzene rings is 1. The molecule has 0 saturated carbocycles. The smallest absolute Gasteiger partial charge is 0.0716 e. The van der Waals surface area contributed by atoms with Crippen LogP contribution in [-0.4, -0.2) is 17.8 Å². The van der Waals surface area contributed by atoms with Crippen molar-refractivity contribution in [3.63, 3.8) is 0 Å². The van der Waals surface area contributed by atoms with Crippen LogP contribution >= 0.6 is 0 Å². The summed E-state index contributed by atoms with van der Waals surface area (Å²) in [6.45, 7) is 1.72. The van der Waals surface area contributed by atoms with Crippen LogP contribution in [0.1, 0.15) is 18.9 Å². The van der Waals surface area contributed by atoms with Crippen molar-refractivity contribution < 1.29 is 4.74 Å². The number of ether oxygens (including phenoxy) is 1. The molecule has 1 aliphatic rings. The Hall–Kier alpha value is -1.48. The molecule has 0 atom stereocenters. The lowest BCUT2D eigenvalue weighted by molar-refractivity contribution is 0.0707. The lowest BCUT2D eigenvalue weighted by Gasteiger charge is -2.24. The Morgan fingerprint density at radius 3 is 2.81 bits per heavy atom. The summed E-state index contributed by atoms with van der Waals surface area (Å²) in [5, 5.41) is 1.23. The number of rotatable bonds is 1. The Balaban J connectivity index is 2.09. The molecule has 1 aromatic heterocycles. The molecule has 84 valence electrons. The number of fused-ring (bicyclic) bond motifs is 1. The molecule has 1 aromatic carbocycles. The molecule has 1 aliphatic heterocycles. The van der Waals surface area contributed by atoms with Crippen molar-refractivity contribution in [3.8, 4) is 0 Å². The monoisotopic (exact) mass is 216 g/mol. The summed E-state index contributed by atoms with van der Waals surface area (Å²) in [5.41, 5.74) is 8.10. The molecule has 0 amide bonds. The van der Waals surface area contributed by atoms with Crippen LogP contribution < -0.4 is 5.73 Å². The van der Waals surface area contributed by atoms with Gasteiger partial charge in [0.05, 0.1) is 11.2 Å². The van der Waals surface area contributed by atoms with Crippen molar-refractivity contribution in [2.45, 2.75) is 18.9 Å². The molecule has 3 heteroatoms. The molecule has 0 unspecified atom stereocenters. The lowest BCUT2D eigenvalue weighted by Crippen LogP contribution is -2.19. The van der Waals surface area contributed by atoms with Crippen LogP contribution in [-0.2, 0) is 4.74 Å². The lowest BCUT2D eigenvalue weighted by atomic mass is 10.1. The van der Waals surface area contributed by atoms with Crippen molar-refractivity contribution in [1.29, 1.82) is 0 Å². The summed E-state index contributed by atoms with van der Waals surface area (Å²) in [6, 6.07) is 8.77. The summed E-state index contributed by atoms with van der Waals surface area (Å²) >= 11 is 0. The molecule has 3 rings (SSSR count). The first-order valence-corrected chi connectivity index (χ1v) is 5.79. The molecule has 2 N–H and O–H groups in total. The van der Waals surface area contributed by atoms with E-state index in [2.05, 4.69) is 22.9 Å². The second-order valence-corrected chi connectivity index (χ2v) is 4.35. The first kappa shape index (κ1) is 9.73. The highest BCUT2D eigenvalue weighted by Gasteiger charge is 2.17. The zero-order valence-electron chi connectivity index (χ0n) is 9.23. The first-order chi connectivity index (χ1) is 7.86.